The predicted molar refractivity (Wildman–Crippen MR) is 101 cm³/mol. The molecule has 4 aliphatic rings. The van der Waals surface area contributed by atoms with E-state index in [1.54, 1.807) is 0 Å². The molecule has 2 saturated heterocycles. The second-order valence-electron chi connectivity index (χ2n) is 8.37. The fourth-order valence-electron chi connectivity index (χ4n) is 5.62. The van der Waals surface area contributed by atoms with E-state index in [4.69, 9.17) is 14.2 Å². The standard InChI is InChI=1S/C20H35N3O3/c1-21-19(22-10-5-11-24-14-15-6-4-12-25-15)23-17-16-7-13-26-18(16)20(17)8-2-3-9-20/h15-18H,2-14H2,1H3,(H2,21,22,23). The van der Waals surface area contributed by atoms with Crippen LogP contribution in [-0.4, -0.2) is 64.2 Å². The van der Waals surface area contributed by atoms with Crippen molar-refractivity contribution in [2.45, 2.75) is 69.6 Å². The first-order valence-corrected chi connectivity index (χ1v) is 10.6. The van der Waals surface area contributed by atoms with Gasteiger partial charge in [-0.2, -0.15) is 0 Å². The number of aliphatic imine (C=N–C) groups is 1. The minimum atomic E-state index is 0.320. The average Bonchev–Trinajstić information content (AvgIpc) is 3.40. The van der Waals surface area contributed by atoms with Gasteiger partial charge in [0, 0.05) is 50.8 Å². The lowest BCUT2D eigenvalue weighted by atomic mass is 9.54. The molecule has 4 fully saturated rings. The van der Waals surface area contributed by atoms with Crippen LogP contribution in [0.1, 0.15) is 51.4 Å². The minimum absolute atomic E-state index is 0.320. The molecule has 2 N–H and O–H groups in total. The van der Waals surface area contributed by atoms with Gasteiger partial charge in [0.1, 0.15) is 0 Å². The van der Waals surface area contributed by atoms with Crippen molar-refractivity contribution in [2.75, 3.05) is 40.0 Å². The minimum Gasteiger partial charge on any atom is -0.379 e. The van der Waals surface area contributed by atoms with Crippen molar-refractivity contribution in [2.24, 2.45) is 16.3 Å². The number of fused-ring (bicyclic) bond motifs is 2. The van der Waals surface area contributed by atoms with E-state index in [2.05, 4.69) is 15.6 Å². The van der Waals surface area contributed by atoms with Gasteiger partial charge in [0.2, 0.25) is 0 Å². The predicted octanol–water partition coefficient (Wildman–Crippen LogP) is 2.08. The largest absolute Gasteiger partial charge is 0.379 e. The lowest BCUT2D eigenvalue weighted by Gasteiger charge is -2.57. The normalized spacial score (nSPS) is 35.5. The van der Waals surface area contributed by atoms with Gasteiger partial charge in [0.25, 0.3) is 0 Å². The van der Waals surface area contributed by atoms with Gasteiger partial charge >= 0.3 is 0 Å². The maximum atomic E-state index is 6.08. The van der Waals surface area contributed by atoms with Gasteiger partial charge in [-0.1, -0.05) is 12.8 Å². The van der Waals surface area contributed by atoms with Gasteiger partial charge in [0.05, 0.1) is 18.8 Å². The SMILES string of the molecule is CN=C(NCCCOCC1CCCO1)NC1C2CCOC2C12CCCC2. The maximum Gasteiger partial charge on any atom is 0.191 e. The summed E-state index contributed by atoms with van der Waals surface area (Å²) in [5.74, 6) is 1.60. The second kappa shape index (κ2) is 8.44. The molecule has 4 rings (SSSR count). The molecule has 26 heavy (non-hydrogen) atoms. The zero-order valence-corrected chi connectivity index (χ0v) is 16.2. The van der Waals surface area contributed by atoms with E-state index in [9.17, 15) is 0 Å². The van der Waals surface area contributed by atoms with Gasteiger partial charge in [-0.3, -0.25) is 4.99 Å². The highest BCUT2D eigenvalue weighted by molar-refractivity contribution is 5.80. The van der Waals surface area contributed by atoms with Gasteiger partial charge in [-0.25, -0.2) is 0 Å². The smallest absolute Gasteiger partial charge is 0.191 e. The van der Waals surface area contributed by atoms with Crippen LogP contribution in [0.5, 0.6) is 0 Å². The Morgan fingerprint density at radius 3 is 2.81 bits per heavy atom. The first-order valence-electron chi connectivity index (χ1n) is 10.6. The summed E-state index contributed by atoms with van der Waals surface area (Å²) < 4.78 is 17.4. The Bertz CT molecular complexity index is 487. The van der Waals surface area contributed by atoms with E-state index >= 15 is 0 Å². The highest BCUT2D eigenvalue weighted by atomic mass is 16.5. The molecule has 4 atom stereocenters. The number of hydrogen-bond acceptors (Lipinski definition) is 4. The van der Waals surface area contributed by atoms with Crippen LogP contribution in [0, 0.1) is 11.3 Å². The van der Waals surface area contributed by atoms with E-state index < -0.39 is 0 Å². The van der Waals surface area contributed by atoms with Gasteiger partial charge in [-0.15, -0.1) is 0 Å². The molecule has 6 heteroatoms. The molecule has 2 heterocycles. The molecule has 2 saturated carbocycles. The number of ether oxygens (including phenoxy) is 3. The van der Waals surface area contributed by atoms with Crippen LogP contribution in [0.2, 0.25) is 0 Å². The average molecular weight is 366 g/mol. The Kier molecular flexibility index (Phi) is 6.01. The first-order chi connectivity index (χ1) is 12.8. The fraction of sp³-hybridized carbons (Fsp3) is 0.950. The van der Waals surface area contributed by atoms with Gasteiger partial charge in [-0.05, 0) is 38.5 Å². The van der Waals surface area contributed by atoms with Crippen molar-refractivity contribution in [1.29, 1.82) is 0 Å². The summed E-state index contributed by atoms with van der Waals surface area (Å²) in [6.07, 6.45) is 10.6. The summed E-state index contributed by atoms with van der Waals surface area (Å²) in [6, 6.07) is 0.527. The molecule has 0 bridgehead atoms. The summed E-state index contributed by atoms with van der Waals surface area (Å²) in [5.41, 5.74) is 0.364. The van der Waals surface area contributed by atoms with Crippen LogP contribution in [0.3, 0.4) is 0 Å². The second-order valence-corrected chi connectivity index (χ2v) is 8.37. The van der Waals surface area contributed by atoms with Crippen LogP contribution in [0.15, 0.2) is 4.99 Å². The first kappa shape index (κ1) is 18.5. The van der Waals surface area contributed by atoms with Crippen molar-refractivity contribution in [3.8, 4) is 0 Å². The highest BCUT2D eigenvalue weighted by Gasteiger charge is 2.65. The maximum absolute atomic E-state index is 6.08. The number of rotatable bonds is 7. The van der Waals surface area contributed by atoms with Crippen molar-refractivity contribution in [3.05, 3.63) is 0 Å². The monoisotopic (exact) mass is 365 g/mol. The zero-order valence-electron chi connectivity index (χ0n) is 16.2. The van der Waals surface area contributed by atoms with Crippen LogP contribution in [0.25, 0.3) is 0 Å². The Labute approximate surface area is 157 Å². The summed E-state index contributed by atoms with van der Waals surface area (Å²) in [5, 5.41) is 7.21. The number of nitrogens with zero attached hydrogens (tertiary/aromatic N) is 1. The van der Waals surface area contributed by atoms with Gasteiger partial charge < -0.3 is 24.8 Å². The van der Waals surface area contributed by atoms with E-state index in [1.807, 2.05) is 7.05 Å². The van der Waals surface area contributed by atoms with E-state index in [1.165, 1.54) is 38.5 Å². The molecule has 2 aliphatic heterocycles. The molecule has 0 aromatic rings. The molecular weight excluding hydrogens is 330 g/mol. The van der Waals surface area contributed by atoms with Crippen LogP contribution in [0.4, 0.5) is 0 Å². The third-order valence-electron chi connectivity index (χ3n) is 6.89. The van der Waals surface area contributed by atoms with E-state index in [-0.39, 0.29) is 0 Å². The molecule has 4 unspecified atom stereocenters. The van der Waals surface area contributed by atoms with Crippen LogP contribution < -0.4 is 10.6 Å². The van der Waals surface area contributed by atoms with E-state index in [0.717, 1.165) is 51.8 Å². The van der Waals surface area contributed by atoms with Crippen LogP contribution >= 0.6 is 0 Å². The van der Waals surface area contributed by atoms with E-state index in [0.29, 0.717) is 29.6 Å². The Morgan fingerprint density at radius 1 is 1.15 bits per heavy atom. The van der Waals surface area contributed by atoms with Crippen molar-refractivity contribution in [3.63, 3.8) is 0 Å². The van der Waals surface area contributed by atoms with Crippen molar-refractivity contribution in [1.82, 2.24) is 10.6 Å². The Hall–Kier alpha value is -0.850. The van der Waals surface area contributed by atoms with Crippen molar-refractivity contribution < 1.29 is 14.2 Å². The van der Waals surface area contributed by atoms with Gasteiger partial charge in [0.15, 0.2) is 5.96 Å². The molecule has 2 aliphatic carbocycles. The third-order valence-corrected chi connectivity index (χ3v) is 6.89. The topological polar surface area (TPSA) is 64.1 Å². The lowest BCUT2D eigenvalue weighted by molar-refractivity contribution is -0.125. The molecule has 148 valence electrons. The van der Waals surface area contributed by atoms with Crippen LogP contribution in [-0.2, 0) is 14.2 Å². The number of hydrogen-bond donors (Lipinski definition) is 2. The van der Waals surface area contributed by atoms with Crippen molar-refractivity contribution >= 4 is 5.96 Å². The Balaban J connectivity index is 1.17. The zero-order chi connectivity index (χ0) is 17.8. The summed E-state index contributed by atoms with van der Waals surface area (Å²) >= 11 is 0. The molecule has 0 aromatic carbocycles. The summed E-state index contributed by atoms with van der Waals surface area (Å²) in [6.45, 7) is 4.22. The number of guanidine groups is 1. The summed E-state index contributed by atoms with van der Waals surface area (Å²) in [4.78, 5) is 4.45. The lowest BCUT2D eigenvalue weighted by Crippen LogP contribution is -2.69. The quantitative estimate of drug-likeness (QED) is 0.411. The highest BCUT2D eigenvalue weighted by Crippen LogP contribution is 2.60. The fourth-order valence-corrected chi connectivity index (χ4v) is 5.62. The molecule has 0 radical (unpaired) electrons. The third kappa shape index (κ3) is 3.60. The molecular formula is C20H35N3O3. The molecule has 0 aromatic heterocycles. The molecule has 6 nitrogen and oxygen atoms in total. The molecule has 0 amide bonds. The number of nitrogens with one attached hydrogen (secondary N) is 2. The Morgan fingerprint density at radius 2 is 2.04 bits per heavy atom. The summed E-state index contributed by atoms with van der Waals surface area (Å²) in [7, 11) is 1.87. The molecule has 1 spiro atoms.